The van der Waals surface area contributed by atoms with E-state index in [4.69, 9.17) is 4.74 Å². The summed E-state index contributed by atoms with van der Waals surface area (Å²) >= 11 is 0. The highest BCUT2D eigenvalue weighted by molar-refractivity contribution is 5.06. The number of hydrogen-bond donors (Lipinski definition) is 2. The number of likely N-dealkylation sites (N-methyl/N-ethyl adjacent to an activating group) is 1. The lowest BCUT2D eigenvalue weighted by Crippen LogP contribution is -2.49. The van der Waals surface area contributed by atoms with Crippen molar-refractivity contribution in [3.05, 3.63) is 0 Å². The summed E-state index contributed by atoms with van der Waals surface area (Å²) in [6, 6.07) is 0.341. The second kappa shape index (κ2) is 4.69. The molecule has 2 rings (SSSR count). The van der Waals surface area contributed by atoms with Gasteiger partial charge in [-0.2, -0.15) is 0 Å². The first kappa shape index (κ1) is 15.2. The largest absolute Gasteiger partial charge is 0.389 e. The molecule has 2 heterocycles. The molecule has 2 saturated heterocycles. The highest BCUT2D eigenvalue weighted by Crippen LogP contribution is 2.43. The Morgan fingerprint density at radius 3 is 2.32 bits per heavy atom. The fourth-order valence-electron chi connectivity index (χ4n) is 4.05. The van der Waals surface area contributed by atoms with Gasteiger partial charge in [-0.15, -0.1) is 0 Å². The van der Waals surface area contributed by atoms with Crippen molar-refractivity contribution in [2.45, 2.75) is 63.9 Å². The maximum absolute atomic E-state index is 10.1. The summed E-state index contributed by atoms with van der Waals surface area (Å²) < 4.78 is 6.26. The Morgan fingerprint density at radius 1 is 1.21 bits per heavy atom. The molecule has 0 aliphatic carbocycles. The topological polar surface area (TPSA) is 44.7 Å². The van der Waals surface area contributed by atoms with E-state index in [1.54, 1.807) is 0 Å². The van der Waals surface area contributed by atoms with Crippen LogP contribution in [0.1, 0.15) is 41.0 Å². The van der Waals surface area contributed by atoms with Crippen molar-refractivity contribution in [3.8, 4) is 0 Å². The van der Waals surface area contributed by atoms with Crippen LogP contribution in [0.4, 0.5) is 0 Å². The minimum atomic E-state index is -0.520. The van der Waals surface area contributed by atoms with Crippen LogP contribution in [0.3, 0.4) is 0 Å². The number of ether oxygens (including phenoxy) is 1. The lowest BCUT2D eigenvalue weighted by atomic mass is 9.82. The van der Waals surface area contributed by atoms with Crippen molar-refractivity contribution >= 4 is 0 Å². The van der Waals surface area contributed by atoms with Crippen molar-refractivity contribution in [1.29, 1.82) is 0 Å². The van der Waals surface area contributed by atoms with Gasteiger partial charge in [0.05, 0.1) is 16.8 Å². The van der Waals surface area contributed by atoms with Gasteiger partial charge in [0.15, 0.2) is 0 Å². The fraction of sp³-hybridized carbons (Fsp3) is 1.00. The van der Waals surface area contributed by atoms with Crippen molar-refractivity contribution in [1.82, 2.24) is 10.2 Å². The summed E-state index contributed by atoms with van der Waals surface area (Å²) in [6.45, 7) is 13.4. The first-order chi connectivity index (χ1) is 8.57. The van der Waals surface area contributed by atoms with Crippen LogP contribution in [0.2, 0.25) is 0 Å². The third-order valence-electron chi connectivity index (χ3n) is 4.87. The molecule has 3 atom stereocenters. The lowest BCUT2D eigenvalue weighted by Gasteiger charge is -2.33. The Balaban J connectivity index is 2.09. The van der Waals surface area contributed by atoms with Crippen molar-refractivity contribution in [2.24, 2.45) is 5.92 Å². The molecule has 2 fully saturated rings. The van der Waals surface area contributed by atoms with Crippen LogP contribution in [-0.4, -0.2) is 59.5 Å². The van der Waals surface area contributed by atoms with E-state index in [2.05, 4.69) is 37.9 Å². The molecule has 2 aliphatic heterocycles. The summed E-state index contributed by atoms with van der Waals surface area (Å²) in [5.74, 6) is 0.432. The van der Waals surface area contributed by atoms with Crippen molar-refractivity contribution in [3.63, 3.8) is 0 Å². The number of aliphatic hydroxyl groups is 1. The standard InChI is InChI=1S/C15H30N2O2/c1-13(2)11(12(16-6)14(3,4)19-13)9-17-8-7-15(5,18)10-17/h11-12,16,18H,7-10H2,1-6H3. The van der Waals surface area contributed by atoms with E-state index in [1.807, 2.05) is 14.0 Å². The SMILES string of the molecule is CNC1C(CN2CCC(C)(O)C2)C(C)(C)OC1(C)C. The quantitative estimate of drug-likeness (QED) is 0.810. The van der Waals surface area contributed by atoms with Crippen LogP contribution >= 0.6 is 0 Å². The van der Waals surface area contributed by atoms with Crippen LogP contribution in [0.15, 0.2) is 0 Å². The van der Waals surface area contributed by atoms with Gasteiger partial charge >= 0.3 is 0 Å². The molecule has 0 amide bonds. The van der Waals surface area contributed by atoms with Crippen LogP contribution in [0, 0.1) is 5.92 Å². The first-order valence-corrected chi connectivity index (χ1v) is 7.40. The minimum Gasteiger partial charge on any atom is -0.389 e. The van der Waals surface area contributed by atoms with Crippen LogP contribution < -0.4 is 5.32 Å². The molecule has 0 aromatic heterocycles. The maximum atomic E-state index is 10.1. The molecule has 0 aromatic rings. The number of nitrogens with zero attached hydrogens (tertiary/aromatic N) is 1. The normalized spacial score (nSPS) is 41.8. The zero-order chi connectivity index (χ0) is 14.5. The molecular weight excluding hydrogens is 240 g/mol. The third kappa shape index (κ3) is 2.97. The van der Waals surface area contributed by atoms with Crippen molar-refractivity contribution < 1.29 is 9.84 Å². The Bertz CT molecular complexity index is 339. The van der Waals surface area contributed by atoms with E-state index in [1.165, 1.54) is 0 Å². The lowest BCUT2D eigenvalue weighted by molar-refractivity contribution is -0.0794. The zero-order valence-electron chi connectivity index (χ0n) is 13.3. The van der Waals surface area contributed by atoms with Crippen LogP contribution in [0.25, 0.3) is 0 Å². The molecular formula is C15H30N2O2. The average Bonchev–Trinajstić information content (AvgIpc) is 2.62. The molecule has 0 aromatic carbocycles. The highest BCUT2D eigenvalue weighted by Gasteiger charge is 2.53. The Morgan fingerprint density at radius 2 is 1.84 bits per heavy atom. The number of nitrogens with one attached hydrogen (secondary N) is 1. The number of β-amino-alcohol motifs (C(OH)–C–C–N with tert-alkyl or cyclic N) is 1. The number of rotatable bonds is 3. The monoisotopic (exact) mass is 270 g/mol. The van der Waals surface area contributed by atoms with E-state index in [-0.39, 0.29) is 11.2 Å². The third-order valence-corrected chi connectivity index (χ3v) is 4.87. The van der Waals surface area contributed by atoms with Gasteiger partial charge in [0.1, 0.15) is 0 Å². The highest BCUT2D eigenvalue weighted by atomic mass is 16.5. The Labute approximate surface area is 117 Å². The van der Waals surface area contributed by atoms with E-state index in [9.17, 15) is 5.11 Å². The number of hydrogen-bond acceptors (Lipinski definition) is 4. The van der Waals surface area contributed by atoms with Gasteiger partial charge in [0.25, 0.3) is 0 Å². The van der Waals surface area contributed by atoms with Gasteiger partial charge < -0.3 is 15.2 Å². The molecule has 0 bridgehead atoms. The summed E-state index contributed by atoms with van der Waals surface area (Å²) in [5, 5.41) is 13.5. The summed E-state index contributed by atoms with van der Waals surface area (Å²) in [5.41, 5.74) is -0.801. The molecule has 2 aliphatic rings. The van der Waals surface area contributed by atoms with Gasteiger partial charge in [-0.1, -0.05) is 0 Å². The van der Waals surface area contributed by atoms with E-state index < -0.39 is 5.60 Å². The summed E-state index contributed by atoms with van der Waals surface area (Å²) in [7, 11) is 2.02. The minimum absolute atomic E-state index is 0.133. The molecule has 3 unspecified atom stereocenters. The molecule has 0 spiro atoms. The van der Waals surface area contributed by atoms with Gasteiger partial charge in [0.2, 0.25) is 0 Å². The van der Waals surface area contributed by atoms with E-state index in [0.29, 0.717) is 12.0 Å². The molecule has 2 N–H and O–H groups in total. The smallest absolute Gasteiger partial charge is 0.0790 e. The summed E-state index contributed by atoms with van der Waals surface area (Å²) in [6.07, 6.45) is 0.870. The second-order valence-corrected chi connectivity index (χ2v) is 7.66. The predicted octanol–water partition coefficient (Wildman–Crippen LogP) is 1.23. The molecule has 0 saturated carbocycles. The molecule has 0 radical (unpaired) electrons. The number of likely N-dealkylation sites (tertiary alicyclic amines) is 1. The Hall–Kier alpha value is -0.160. The van der Waals surface area contributed by atoms with Gasteiger partial charge in [-0.05, 0) is 48.1 Å². The zero-order valence-corrected chi connectivity index (χ0v) is 13.3. The Kier molecular flexibility index (Phi) is 3.76. The average molecular weight is 270 g/mol. The van der Waals surface area contributed by atoms with Gasteiger partial charge in [-0.3, -0.25) is 4.90 Å². The van der Waals surface area contributed by atoms with Gasteiger partial charge in [-0.25, -0.2) is 0 Å². The second-order valence-electron chi connectivity index (χ2n) is 7.66. The molecule has 112 valence electrons. The van der Waals surface area contributed by atoms with Gasteiger partial charge in [0, 0.05) is 31.6 Å². The van der Waals surface area contributed by atoms with E-state index >= 15 is 0 Å². The van der Waals surface area contributed by atoms with Crippen molar-refractivity contribution in [2.75, 3.05) is 26.7 Å². The molecule has 19 heavy (non-hydrogen) atoms. The molecule has 4 nitrogen and oxygen atoms in total. The first-order valence-electron chi connectivity index (χ1n) is 7.40. The predicted molar refractivity (Wildman–Crippen MR) is 77.3 cm³/mol. The van der Waals surface area contributed by atoms with E-state index in [0.717, 1.165) is 26.1 Å². The fourth-order valence-corrected chi connectivity index (χ4v) is 4.05. The maximum Gasteiger partial charge on any atom is 0.0790 e. The molecule has 4 heteroatoms. The van der Waals surface area contributed by atoms with Crippen LogP contribution in [-0.2, 0) is 4.74 Å². The summed E-state index contributed by atoms with van der Waals surface area (Å²) in [4.78, 5) is 2.38. The van der Waals surface area contributed by atoms with Crippen LogP contribution in [0.5, 0.6) is 0 Å².